The van der Waals surface area contributed by atoms with Crippen LogP contribution >= 0.6 is 15.9 Å². The number of halogens is 1. The SMILES string of the molecule is COc1ccccc1N(C)CCOc1ccc(Br)cc1. The molecule has 0 spiro atoms. The summed E-state index contributed by atoms with van der Waals surface area (Å²) < 4.78 is 12.1. The molecule has 0 unspecified atom stereocenters. The highest BCUT2D eigenvalue weighted by Gasteiger charge is 2.06. The molecule has 2 aromatic carbocycles. The Balaban J connectivity index is 1.89. The molecular weight excluding hydrogens is 318 g/mol. The molecule has 0 aliphatic heterocycles. The minimum Gasteiger partial charge on any atom is -0.495 e. The monoisotopic (exact) mass is 335 g/mol. The Morgan fingerprint density at radius 1 is 1.05 bits per heavy atom. The van der Waals surface area contributed by atoms with Crippen molar-refractivity contribution < 1.29 is 9.47 Å². The second-order valence-electron chi connectivity index (χ2n) is 4.40. The van der Waals surface area contributed by atoms with Gasteiger partial charge in [0.2, 0.25) is 0 Å². The fraction of sp³-hybridized carbons (Fsp3) is 0.250. The van der Waals surface area contributed by atoms with E-state index in [4.69, 9.17) is 9.47 Å². The average molecular weight is 336 g/mol. The molecule has 0 heterocycles. The number of benzene rings is 2. The summed E-state index contributed by atoms with van der Waals surface area (Å²) in [5.41, 5.74) is 1.06. The van der Waals surface area contributed by atoms with Crippen LogP contribution in [0, 0.1) is 0 Å². The number of anilines is 1. The molecule has 0 atom stereocenters. The van der Waals surface area contributed by atoms with E-state index in [-0.39, 0.29) is 0 Å². The van der Waals surface area contributed by atoms with Crippen molar-refractivity contribution in [3.63, 3.8) is 0 Å². The fourth-order valence-electron chi connectivity index (χ4n) is 1.90. The summed E-state index contributed by atoms with van der Waals surface area (Å²) in [6.45, 7) is 1.41. The first kappa shape index (κ1) is 14.7. The van der Waals surface area contributed by atoms with Crippen molar-refractivity contribution in [2.24, 2.45) is 0 Å². The van der Waals surface area contributed by atoms with Crippen LogP contribution in [0.1, 0.15) is 0 Å². The molecule has 0 amide bonds. The van der Waals surface area contributed by atoms with Gasteiger partial charge in [-0.15, -0.1) is 0 Å². The Hall–Kier alpha value is -1.68. The number of hydrogen-bond acceptors (Lipinski definition) is 3. The van der Waals surface area contributed by atoms with Crippen LogP contribution in [-0.2, 0) is 0 Å². The largest absolute Gasteiger partial charge is 0.495 e. The van der Waals surface area contributed by atoms with Gasteiger partial charge in [-0.25, -0.2) is 0 Å². The van der Waals surface area contributed by atoms with Gasteiger partial charge in [0.1, 0.15) is 18.1 Å². The third kappa shape index (κ3) is 3.90. The van der Waals surface area contributed by atoms with Gasteiger partial charge < -0.3 is 14.4 Å². The number of ether oxygens (including phenoxy) is 2. The number of para-hydroxylation sites is 2. The lowest BCUT2D eigenvalue weighted by molar-refractivity contribution is 0.325. The minimum atomic E-state index is 0.621. The Morgan fingerprint density at radius 2 is 1.75 bits per heavy atom. The van der Waals surface area contributed by atoms with Crippen molar-refractivity contribution in [2.45, 2.75) is 0 Å². The first-order valence-electron chi connectivity index (χ1n) is 6.43. The van der Waals surface area contributed by atoms with Gasteiger partial charge in [0, 0.05) is 11.5 Å². The lowest BCUT2D eigenvalue weighted by Crippen LogP contribution is -2.24. The van der Waals surface area contributed by atoms with Crippen molar-refractivity contribution in [2.75, 3.05) is 32.2 Å². The molecule has 0 aliphatic rings. The molecule has 3 nitrogen and oxygen atoms in total. The molecular formula is C16H18BrNO2. The first-order chi connectivity index (χ1) is 9.70. The second-order valence-corrected chi connectivity index (χ2v) is 5.31. The first-order valence-corrected chi connectivity index (χ1v) is 7.22. The molecule has 0 aromatic heterocycles. The minimum absolute atomic E-state index is 0.621. The highest BCUT2D eigenvalue weighted by atomic mass is 79.9. The molecule has 20 heavy (non-hydrogen) atoms. The molecule has 4 heteroatoms. The summed E-state index contributed by atoms with van der Waals surface area (Å²) in [5, 5.41) is 0. The number of methoxy groups -OCH3 is 1. The summed E-state index contributed by atoms with van der Waals surface area (Å²) in [6.07, 6.45) is 0. The maximum Gasteiger partial charge on any atom is 0.142 e. The van der Waals surface area contributed by atoms with Crippen LogP contribution in [0.25, 0.3) is 0 Å². The topological polar surface area (TPSA) is 21.7 Å². The van der Waals surface area contributed by atoms with Crippen molar-refractivity contribution in [1.82, 2.24) is 0 Å². The van der Waals surface area contributed by atoms with E-state index in [0.717, 1.165) is 28.2 Å². The molecule has 0 radical (unpaired) electrons. The third-order valence-corrected chi connectivity index (χ3v) is 3.53. The van der Waals surface area contributed by atoms with Crippen LogP contribution in [0.2, 0.25) is 0 Å². The Bertz CT molecular complexity index is 542. The van der Waals surface area contributed by atoms with E-state index in [1.807, 2.05) is 55.6 Å². The Kier molecular flexibility index (Phi) is 5.30. The quantitative estimate of drug-likeness (QED) is 0.797. The second kappa shape index (κ2) is 7.20. The van der Waals surface area contributed by atoms with Gasteiger partial charge in [-0.05, 0) is 36.4 Å². The maximum absolute atomic E-state index is 5.72. The summed E-state index contributed by atoms with van der Waals surface area (Å²) in [4.78, 5) is 2.12. The summed E-state index contributed by atoms with van der Waals surface area (Å²) in [6, 6.07) is 15.8. The summed E-state index contributed by atoms with van der Waals surface area (Å²) in [7, 11) is 3.72. The van der Waals surface area contributed by atoms with E-state index in [2.05, 4.69) is 20.8 Å². The molecule has 0 aliphatic carbocycles. The van der Waals surface area contributed by atoms with E-state index < -0.39 is 0 Å². The van der Waals surface area contributed by atoms with Crippen molar-refractivity contribution in [3.05, 3.63) is 53.0 Å². The molecule has 0 N–H and O–H groups in total. The smallest absolute Gasteiger partial charge is 0.142 e. The molecule has 0 saturated carbocycles. The van der Waals surface area contributed by atoms with Crippen LogP contribution in [-0.4, -0.2) is 27.3 Å². The molecule has 0 saturated heterocycles. The van der Waals surface area contributed by atoms with Crippen LogP contribution in [0.5, 0.6) is 11.5 Å². The van der Waals surface area contributed by atoms with Crippen LogP contribution in [0.4, 0.5) is 5.69 Å². The molecule has 0 fully saturated rings. The van der Waals surface area contributed by atoms with E-state index in [1.54, 1.807) is 7.11 Å². The molecule has 0 bridgehead atoms. The highest BCUT2D eigenvalue weighted by Crippen LogP contribution is 2.26. The zero-order chi connectivity index (χ0) is 14.4. The standard InChI is InChI=1S/C16H18BrNO2/c1-18(15-5-3-4-6-16(15)19-2)11-12-20-14-9-7-13(17)8-10-14/h3-10H,11-12H2,1-2H3. The highest BCUT2D eigenvalue weighted by molar-refractivity contribution is 9.10. The van der Waals surface area contributed by atoms with Crippen LogP contribution < -0.4 is 14.4 Å². The van der Waals surface area contributed by atoms with Gasteiger partial charge in [-0.2, -0.15) is 0 Å². The molecule has 2 aromatic rings. The average Bonchev–Trinajstić information content (AvgIpc) is 2.49. The molecule has 106 valence electrons. The Labute approximate surface area is 128 Å². The zero-order valence-electron chi connectivity index (χ0n) is 11.7. The van der Waals surface area contributed by atoms with E-state index in [9.17, 15) is 0 Å². The maximum atomic E-state index is 5.72. The van der Waals surface area contributed by atoms with E-state index in [1.165, 1.54) is 0 Å². The predicted octanol–water partition coefficient (Wildman–Crippen LogP) is 3.97. The zero-order valence-corrected chi connectivity index (χ0v) is 13.3. The van der Waals surface area contributed by atoms with Crippen molar-refractivity contribution in [3.8, 4) is 11.5 Å². The van der Waals surface area contributed by atoms with Gasteiger partial charge >= 0.3 is 0 Å². The third-order valence-electron chi connectivity index (χ3n) is 3.01. The predicted molar refractivity (Wildman–Crippen MR) is 85.9 cm³/mol. The van der Waals surface area contributed by atoms with E-state index in [0.29, 0.717) is 6.61 Å². The summed E-state index contributed by atoms with van der Waals surface area (Å²) in [5.74, 6) is 1.75. The van der Waals surface area contributed by atoms with Crippen molar-refractivity contribution >= 4 is 21.6 Å². The molecule has 2 rings (SSSR count). The summed E-state index contributed by atoms with van der Waals surface area (Å²) >= 11 is 3.41. The van der Waals surface area contributed by atoms with E-state index >= 15 is 0 Å². The van der Waals surface area contributed by atoms with Gasteiger partial charge in [-0.1, -0.05) is 28.1 Å². The van der Waals surface area contributed by atoms with Gasteiger partial charge in [0.15, 0.2) is 0 Å². The normalized spacial score (nSPS) is 10.2. The van der Waals surface area contributed by atoms with Crippen molar-refractivity contribution in [1.29, 1.82) is 0 Å². The van der Waals surface area contributed by atoms with Crippen LogP contribution in [0.3, 0.4) is 0 Å². The lowest BCUT2D eigenvalue weighted by Gasteiger charge is -2.21. The van der Waals surface area contributed by atoms with Gasteiger partial charge in [-0.3, -0.25) is 0 Å². The van der Waals surface area contributed by atoms with Gasteiger partial charge in [0.25, 0.3) is 0 Å². The number of rotatable bonds is 6. The number of nitrogens with zero attached hydrogens (tertiary/aromatic N) is 1. The fourth-order valence-corrected chi connectivity index (χ4v) is 2.16. The number of likely N-dealkylation sites (N-methyl/N-ethyl adjacent to an activating group) is 1. The van der Waals surface area contributed by atoms with Gasteiger partial charge in [0.05, 0.1) is 19.3 Å². The lowest BCUT2D eigenvalue weighted by atomic mass is 10.2. The van der Waals surface area contributed by atoms with Crippen LogP contribution in [0.15, 0.2) is 53.0 Å². The Morgan fingerprint density at radius 3 is 2.45 bits per heavy atom. The number of hydrogen-bond donors (Lipinski definition) is 0.